The Kier molecular flexibility index (Phi) is 7.63. The molecule has 2 aromatic rings. The number of halogens is 1. The molecule has 1 aliphatic rings. The van der Waals surface area contributed by atoms with Crippen LogP contribution >= 0.6 is 11.3 Å². The summed E-state index contributed by atoms with van der Waals surface area (Å²) in [5, 5.41) is 6.32. The van der Waals surface area contributed by atoms with Crippen molar-refractivity contribution in [1.82, 2.24) is 14.9 Å². The van der Waals surface area contributed by atoms with Gasteiger partial charge in [0.05, 0.1) is 13.1 Å². The van der Waals surface area contributed by atoms with Gasteiger partial charge >= 0.3 is 0 Å². The highest BCUT2D eigenvalue weighted by molar-refractivity contribution is 7.91. The number of guanidine groups is 1. The molecule has 0 aliphatic carbocycles. The molecular formula is C20H27FN4O2S2. The molecule has 2 heterocycles. The van der Waals surface area contributed by atoms with Crippen LogP contribution in [0.25, 0.3) is 0 Å². The van der Waals surface area contributed by atoms with E-state index < -0.39 is 10.0 Å². The summed E-state index contributed by atoms with van der Waals surface area (Å²) < 4.78 is 41.3. The van der Waals surface area contributed by atoms with Gasteiger partial charge in [-0.25, -0.2) is 17.8 Å². The summed E-state index contributed by atoms with van der Waals surface area (Å²) in [6, 6.07) is 10.1. The van der Waals surface area contributed by atoms with Gasteiger partial charge in [0.25, 0.3) is 10.0 Å². The van der Waals surface area contributed by atoms with E-state index in [1.54, 1.807) is 28.6 Å². The minimum Gasteiger partial charge on any atom is -0.357 e. The molecule has 1 saturated heterocycles. The van der Waals surface area contributed by atoms with Crippen molar-refractivity contribution >= 4 is 27.3 Å². The molecule has 1 aliphatic heterocycles. The fraction of sp³-hybridized carbons (Fsp3) is 0.450. The molecule has 0 atom stereocenters. The van der Waals surface area contributed by atoms with Crippen molar-refractivity contribution in [3.05, 3.63) is 52.7 Å². The molecule has 1 aromatic heterocycles. The number of nitrogens with zero attached hydrogens (tertiary/aromatic N) is 2. The van der Waals surface area contributed by atoms with Gasteiger partial charge in [0.2, 0.25) is 0 Å². The zero-order valence-corrected chi connectivity index (χ0v) is 18.2. The average molecular weight is 439 g/mol. The number of hydrogen-bond acceptors (Lipinski definition) is 4. The molecule has 29 heavy (non-hydrogen) atoms. The summed E-state index contributed by atoms with van der Waals surface area (Å²) in [6.45, 7) is 4.49. The summed E-state index contributed by atoms with van der Waals surface area (Å²) in [5.41, 5.74) is 0.524. The highest BCUT2D eigenvalue weighted by Crippen LogP contribution is 2.27. The SMILES string of the molecule is CCNC(=NCc1ccccc1F)NCc1ccc(S(=O)(=O)N2CCCCC2)s1. The smallest absolute Gasteiger partial charge is 0.252 e. The molecule has 1 aromatic carbocycles. The molecule has 0 unspecified atom stereocenters. The van der Waals surface area contributed by atoms with Crippen LogP contribution in [0, 0.1) is 5.82 Å². The van der Waals surface area contributed by atoms with E-state index >= 15 is 0 Å². The van der Waals surface area contributed by atoms with Crippen LogP contribution in [0.1, 0.15) is 36.6 Å². The van der Waals surface area contributed by atoms with E-state index in [9.17, 15) is 12.8 Å². The second-order valence-electron chi connectivity index (χ2n) is 6.83. The van der Waals surface area contributed by atoms with Crippen molar-refractivity contribution in [1.29, 1.82) is 0 Å². The highest BCUT2D eigenvalue weighted by atomic mass is 32.2. The lowest BCUT2D eigenvalue weighted by molar-refractivity contribution is 0.347. The first-order chi connectivity index (χ1) is 14.0. The lowest BCUT2D eigenvalue weighted by Gasteiger charge is -2.25. The molecule has 0 radical (unpaired) electrons. The number of nitrogens with one attached hydrogen (secondary N) is 2. The minimum atomic E-state index is -3.40. The topological polar surface area (TPSA) is 73.8 Å². The predicted molar refractivity (Wildman–Crippen MR) is 115 cm³/mol. The van der Waals surface area contributed by atoms with Crippen LogP contribution in [0.3, 0.4) is 0 Å². The second-order valence-corrected chi connectivity index (χ2v) is 10.2. The Balaban J connectivity index is 1.63. The number of rotatable bonds is 7. The fourth-order valence-electron chi connectivity index (χ4n) is 3.13. The molecule has 3 rings (SSSR count). The molecule has 0 amide bonds. The van der Waals surface area contributed by atoms with Gasteiger partial charge in [-0.2, -0.15) is 4.31 Å². The van der Waals surface area contributed by atoms with Crippen molar-refractivity contribution < 1.29 is 12.8 Å². The van der Waals surface area contributed by atoms with Gasteiger partial charge in [0, 0.05) is 30.1 Å². The molecular weight excluding hydrogens is 411 g/mol. The first-order valence-electron chi connectivity index (χ1n) is 9.85. The lowest BCUT2D eigenvalue weighted by atomic mass is 10.2. The van der Waals surface area contributed by atoms with Crippen molar-refractivity contribution in [2.24, 2.45) is 4.99 Å². The zero-order chi connectivity index (χ0) is 20.7. The molecule has 0 bridgehead atoms. The van der Waals surface area contributed by atoms with E-state index in [0.29, 0.717) is 41.9 Å². The number of benzene rings is 1. The van der Waals surface area contributed by atoms with Crippen LogP contribution in [-0.4, -0.2) is 38.3 Å². The first kappa shape index (κ1) is 21.7. The van der Waals surface area contributed by atoms with E-state index in [4.69, 9.17) is 0 Å². The minimum absolute atomic E-state index is 0.223. The van der Waals surface area contributed by atoms with Crippen LogP contribution in [0.4, 0.5) is 4.39 Å². The van der Waals surface area contributed by atoms with Crippen LogP contribution in [0.2, 0.25) is 0 Å². The van der Waals surface area contributed by atoms with Gasteiger partial charge in [-0.05, 0) is 38.0 Å². The Morgan fingerprint density at radius 3 is 2.62 bits per heavy atom. The highest BCUT2D eigenvalue weighted by Gasteiger charge is 2.27. The Bertz CT molecular complexity index is 937. The van der Waals surface area contributed by atoms with Crippen LogP contribution in [0.15, 0.2) is 45.6 Å². The third-order valence-corrected chi connectivity index (χ3v) is 8.14. The van der Waals surface area contributed by atoms with E-state index in [-0.39, 0.29) is 12.4 Å². The average Bonchev–Trinajstić information content (AvgIpc) is 3.22. The number of thiophene rings is 1. The molecule has 0 saturated carbocycles. The standard InChI is InChI=1S/C20H27FN4O2S2/c1-2-22-20(23-14-16-8-4-5-9-18(16)21)24-15-17-10-11-19(28-17)29(26,27)25-12-6-3-7-13-25/h4-5,8-11H,2-3,6-7,12-15H2,1H3,(H2,22,23,24). The summed E-state index contributed by atoms with van der Waals surface area (Å²) >= 11 is 1.28. The van der Waals surface area contributed by atoms with Crippen molar-refractivity contribution in [2.75, 3.05) is 19.6 Å². The summed E-state index contributed by atoms with van der Waals surface area (Å²) in [6.07, 6.45) is 2.93. The quantitative estimate of drug-likeness (QED) is 0.514. The maximum absolute atomic E-state index is 13.8. The summed E-state index contributed by atoms with van der Waals surface area (Å²) in [4.78, 5) is 5.32. The Hall–Kier alpha value is -1.97. The summed E-state index contributed by atoms with van der Waals surface area (Å²) in [5.74, 6) is 0.280. The van der Waals surface area contributed by atoms with Crippen molar-refractivity contribution in [3.8, 4) is 0 Å². The number of hydrogen-bond donors (Lipinski definition) is 2. The molecule has 1 fully saturated rings. The predicted octanol–water partition coefficient (Wildman–Crippen LogP) is 3.32. The molecule has 158 valence electrons. The van der Waals surface area contributed by atoms with Gasteiger partial charge in [-0.3, -0.25) is 0 Å². The van der Waals surface area contributed by atoms with E-state index in [2.05, 4.69) is 15.6 Å². The largest absolute Gasteiger partial charge is 0.357 e. The lowest BCUT2D eigenvalue weighted by Crippen LogP contribution is -2.36. The molecule has 0 spiro atoms. The Morgan fingerprint density at radius 2 is 1.90 bits per heavy atom. The zero-order valence-electron chi connectivity index (χ0n) is 16.5. The van der Waals surface area contributed by atoms with Gasteiger partial charge in [0.1, 0.15) is 10.0 Å². The second kappa shape index (κ2) is 10.2. The first-order valence-corrected chi connectivity index (χ1v) is 12.1. The Morgan fingerprint density at radius 1 is 1.14 bits per heavy atom. The maximum atomic E-state index is 13.8. The number of piperidine rings is 1. The molecule has 9 heteroatoms. The third-order valence-electron chi connectivity index (χ3n) is 4.69. The van der Waals surface area contributed by atoms with Gasteiger partial charge < -0.3 is 10.6 Å². The van der Waals surface area contributed by atoms with Gasteiger partial charge in [-0.1, -0.05) is 24.6 Å². The van der Waals surface area contributed by atoms with E-state index in [0.717, 1.165) is 24.1 Å². The van der Waals surface area contributed by atoms with E-state index in [1.165, 1.54) is 17.4 Å². The fourth-order valence-corrected chi connectivity index (χ4v) is 6.09. The van der Waals surface area contributed by atoms with Crippen LogP contribution in [-0.2, 0) is 23.1 Å². The van der Waals surface area contributed by atoms with Crippen LogP contribution in [0.5, 0.6) is 0 Å². The van der Waals surface area contributed by atoms with Gasteiger partial charge in [-0.15, -0.1) is 11.3 Å². The van der Waals surface area contributed by atoms with Crippen molar-refractivity contribution in [2.45, 2.75) is 43.5 Å². The van der Waals surface area contributed by atoms with Crippen molar-refractivity contribution in [3.63, 3.8) is 0 Å². The van der Waals surface area contributed by atoms with E-state index in [1.807, 2.05) is 13.0 Å². The maximum Gasteiger partial charge on any atom is 0.252 e. The number of sulfonamides is 1. The monoisotopic (exact) mass is 438 g/mol. The normalized spacial score (nSPS) is 16.0. The summed E-state index contributed by atoms with van der Waals surface area (Å²) in [7, 11) is -3.40. The van der Waals surface area contributed by atoms with Crippen LogP contribution < -0.4 is 10.6 Å². The van der Waals surface area contributed by atoms with Gasteiger partial charge in [0.15, 0.2) is 5.96 Å². The number of aliphatic imine (C=N–C) groups is 1. The third kappa shape index (κ3) is 5.77. The Labute approximate surface area is 175 Å². The molecule has 2 N–H and O–H groups in total. The molecule has 6 nitrogen and oxygen atoms in total.